The first-order valence-corrected chi connectivity index (χ1v) is 37.1. The lowest BCUT2D eigenvalue weighted by atomic mass is 9.76. The second-order valence-electron chi connectivity index (χ2n) is 25.0. The van der Waals surface area contributed by atoms with Gasteiger partial charge < -0.3 is 51.4 Å². The number of phenols is 3. The monoisotopic (exact) mass is 1570 g/mol. The van der Waals surface area contributed by atoms with Gasteiger partial charge >= 0.3 is 0 Å². The molecule has 17 nitrogen and oxygen atoms in total. The van der Waals surface area contributed by atoms with Crippen LogP contribution in [0.5, 0.6) is 28.7 Å². The Bertz CT molecular complexity index is 4520. The maximum Gasteiger partial charge on any atom is 0.265 e. The van der Waals surface area contributed by atoms with Gasteiger partial charge in [-0.1, -0.05) is 204 Å². The first kappa shape index (κ1) is 83.3. The lowest BCUT2D eigenvalue weighted by Crippen LogP contribution is -2.34. The van der Waals surface area contributed by atoms with Gasteiger partial charge in [0, 0.05) is 33.8 Å². The van der Waals surface area contributed by atoms with Crippen molar-refractivity contribution in [3.8, 4) is 28.7 Å². The van der Waals surface area contributed by atoms with Crippen molar-refractivity contribution in [1.29, 1.82) is 0 Å². The maximum absolute atomic E-state index is 13.1. The van der Waals surface area contributed by atoms with Gasteiger partial charge in [-0.05, 0) is 165 Å². The molecule has 0 spiro atoms. The normalized spacial score (nSPS) is 12.2. The molecule has 3 atom stereocenters. The molecule has 0 saturated carbocycles. The third-order valence-electron chi connectivity index (χ3n) is 17.0. The predicted octanol–water partition coefficient (Wildman–Crippen LogP) is 21.2. The summed E-state index contributed by atoms with van der Waals surface area (Å²) < 4.78 is 38.1. The van der Waals surface area contributed by atoms with E-state index in [1.54, 1.807) is 25.1 Å². The van der Waals surface area contributed by atoms with Gasteiger partial charge in [0.05, 0.1) is 68.5 Å². The molecule has 8 N–H and O–H groups in total. The summed E-state index contributed by atoms with van der Waals surface area (Å²) in [5.74, 6) is -2.29. The number of hydrogen-bond donors (Lipinski definition) is 8. The van der Waals surface area contributed by atoms with Crippen LogP contribution in [0.4, 0.5) is 28.4 Å². The van der Waals surface area contributed by atoms with Crippen molar-refractivity contribution in [2.45, 2.75) is 155 Å². The van der Waals surface area contributed by atoms with E-state index >= 15 is 0 Å². The van der Waals surface area contributed by atoms with E-state index in [-0.39, 0.29) is 109 Å². The Kier molecular flexibility index (Phi) is 30.0. The van der Waals surface area contributed by atoms with Crippen LogP contribution in [0, 0.1) is 13.8 Å². The number of carbonyl (C=O) groups excluding carboxylic acids is 5. The van der Waals surface area contributed by atoms with E-state index in [2.05, 4.69) is 80.3 Å². The molecule has 0 heterocycles. The molecular formula is C76H81Cl8N5O12S. The molecule has 0 aliphatic carbocycles. The lowest BCUT2D eigenvalue weighted by molar-refractivity contribution is -0.123. The van der Waals surface area contributed by atoms with Gasteiger partial charge in [0.25, 0.3) is 23.6 Å². The van der Waals surface area contributed by atoms with Crippen molar-refractivity contribution in [3.05, 3.63) is 213 Å². The Morgan fingerprint density at radius 2 is 0.941 bits per heavy atom. The van der Waals surface area contributed by atoms with E-state index in [0.29, 0.717) is 46.4 Å². The largest absolute Gasteiger partial charge is 0.506 e. The SMILES string of the molecule is CCC(C(=O)Nc1cc(O)c(NC(=O)c2ccc(Cl)c(Cl)c2)cc1Cl)S(=O)(=O)c1ccc(C)cc1.CCC(Oc1cccc(C)c1)C(=O)Nc1cc(O)c(NC(=O)c2ccc(Cl)c(Cl)c2)cc1Cl.CCc1c(Cl)cc(NC(=O)C(CC)Oc2ccc(C(C)(C)CC)cc2C(C)(C)CC)c(O)c1Cl. The van der Waals surface area contributed by atoms with Crippen molar-refractivity contribution < 1.29 is 57.2 Å². The molecule has 3 unspecified atom stereocenters. The lowest BCUT2D eigenvalue weighted by Gasteiger charge is -2.31. The number of phenolic OH excluding ortho intramolecular Hbond substituents is 3. The zero-order valence-corrected chi connectivity index (χ0v) is 65.0. The highest BCUT2D eigenvalue weighted by Crippen LogP contribution is 2.43. The number of sulfone groups is 1. The van der Waals surface area contributed by atoms with Gasteiger partial charge in [-0.15, -0.1) is 0 Å². The maximum atomic E-state index is 13.1. The number of carbonyl (C=O) groups is 5. The number of aryl methyl sites for hydroxylation is 2. The molecule has 0 aliphatic rings. The van der Waals surface area contributed by atoms with Crippen LogP contribution in [0.15, 0.2) is 138 Å². The Morgan fingerprint density at radius 3 is 1.40 bits per heavy atom. The summed E-state index contributed by atoms with van der Waals surface area (Å²) in [6.45, 7) is 24.1. The molecule has 8 aromatic rings. The zero-order chi connectivity index (χ0) is 75.9. The molecule has 544 valence electrons. The van der Waals surface area contributed by atoms with Crippen molar-refractivity contribution in [2.75, 3.05) is 26.6 Å². The number of halogens is 8. The van der Waals surface area contributed by atoms with Gasteiger partial charge in [-0.3, -0.25) is 24.0 Å². The number of amides is 5. The summed E-state index contributed by atoms with van der Waals surface area (Å²) in [6, 6.07) is 35.0. The first-order chi connectivity index (χ1) is 47.9. The number of aromatic hydroxyl groups is 3. The molecule has 0 aliphatic heterocycles. The highest BCUT2D eigenvalue weighted by molar-refractivity contribution is 7.92. The summed E-state index contributed by atoms with van der Waals surface area (Å²) in [5.41, 5.74) is 5.61. The van der Waals surface area contributed by atoms with Gasteiger partial charge in [-0.2, -0.15) is 0 Å². The minimum Gasteiger partial charge on any atom is -0.506 e. The van der Waals surface area contributed by atoms with E-state index in [1.807, 2.05) is 58.9 Å². The van der Waals surface area contributed by atoms with Crippen LogP contribution in [0.1, 0.15) is 150 Å². The molecule has 0 saturated heterocycles. The van der Waals surface area contributed by atoms with E-state index < -0.39 is 56.7 Å². The number of anilines is 5. The molecule has 0 bridgehead atoms. The van der Waals surface area contributed by atoms with E-state index in [9.17, 15) is 47.7 Å². The summed E-state index contributed by atoms with van der Waals surface area (Å²) >= 11 is 48.7. The van der Waals surface area contributed by atoms with Gasteiger partial charge in [0.2, 0.25) is 5.91 Å². The van der Waals surface area contributed by atoms with Crippen LogP contribution in [-0.4, -0.2) is 70.7 Å². The molecule has 0 radical (unpaired) electrons. The van der Waals surface area contributed by atoms with Crippen molar-refractivity contribution in [2.24, 2.45) is 0 Å². The van der Waals surface area contributed by atoms with Gasteiger partial charge in [-0.25, -0.2) is 8.42 Å². The van der Waals surface area contributed by atoms with E-state index in [0.717, 1.165) is 35.6 Å². The molecular weight excluding hydrogens is 1490 g/mol. The highest BCUT2D eigenvalue weighted by atomic mass is 35.5. The summed E-state index contributed by atoms with van der Waals surface area (Å²) in [5, 5.41) is 44.5. The fourth-order valence-electron chi connectivity index (χ4n) is 9.95. The summed E-state index contributed by atoms with van der Waals surface area (Å²) in [4.78, 5) is 63.8. The molecule has 0 fully saturated rings. The van der Waals surface area contributed by atoms with Crippen LogP contribution in [0.2, 0.25) is 40.2 Å². The van der Waals surface area contributed by atoms with Crippen molar-refractivity contribution in [1.82, 2.24) is 0 Å². The Hall–Kier alpha value is -7.62. The first-order valence-electron chi connectivity index (χ1n) is 32.5. The van der Waals surface area contributed by atoms with Crippen molar-refractivity contribution in [3.63, 3.8) is 0 Å². The highest BCUT2D eigenvalue weighted by Gasteiger charge is 2.34. The van der Waals surface area contributed by atoms with Crippen LogP contribution in [-0.2, 0) is 41.5 Å². The number of benzene rings is 8. The Labute approximate surface area is 635 Å². The second kappa shape index (κ2) is 36.7. The summed E-state index contributed by atoms with van der Waals surface area (Å²) in [6.07, 6.45) is 1.89. The zero-order valence-electron chi connectivity index (χ0n) is 58.1. The minimum absolute atomic E-state index is 0.0146. The second-order valence-corrected chi connectivity index (χ2v) is 30.4. The van der Waals surface area contributed by atoms with Crippen LogP contribution >= 0.6 is 92.8 Å². The quantitative estimate of drug-likeness (QED) is 0.0263. The number of hydrogen-bond acceptors (Lipinski definition) is 12. The number of nitrogens with one attached hydrogen (secondary N) is 5. The smallest absolute Gasteiger partial charge is 0.265 e. The third kappa shape index (κ3) is 21.5. The summed E-state index contributed by atoms with van der Waals surface area (Å²) in [7, 11) is -3.97. The number of rotatable bonds is 24. The topological polar surface area (TPSA) is 259 Å². The van der Waals surface area contributed by atoms with Crippen molar-refractivity contribution >= 4 is 161 Å². The van der Waals surface area contributed by atoms with Crippen LogP contribution in [0.25, 0.3) is 0 Å². The predicted molar refractivity (Wildman–Crippen MR) is 415 cm³/mol. The average molecular weight is 1570 g/mol. The van der Waals surface area contributed by atoms with E-state index in [4.69, 9.17) is 102 Å². The number of ether oxygens (including phenoxy) is 2. The average Bonchev–Trinajstić information content (AvgIpc) is 0.826. The third-order valence-corrected chi connectivity index (χ3v) is 22.0. The molecule has 8 rings (SSSR count). The van der Waals surface area contributed by atoms with Gasteiger partial charge in [0.15, 0.2) is 27.8 Å². The Balaban J connectivity index is 0.000000241. The molecule has 102 heavy (non-hydrogen) atoms. The molecule has 8 aromatic carbocycles. The van der Waals surface area contributed by atoms with Gasteiger partial charge in [0.1, 0.15) is 28.2 Å². The Morgan fingerprint density at radius 1 is 0.461 bits per heavy atom. The van der Waals surface area contributed by atoms with Crippen LogP contribution < -0.4 is 36.1 Å². The standard InChI is InChI=1S/C28H39Cl2NO3.C24H21Cl3N2O5S.C24H21Cl3N2O4/c1-9-18-20(29)16-21(25(32)24(18)30)31-26(33)22(10-2)34-23-14-13-17(27(5,6)11-3)15-19(23)28(7,8)12-4;1-3-22(35(33,34)15-7-4-13(2)5-8-15)24(32)28-19-12-21(30)20(11-18(19)27)29-23(31)14-6-9-16(25)17(26)10-14;1-3-22(33-15-6-4-5-13(2)9-15)24(32)28-19-12-21(30)20(11-18(19)27)29-23(31)14-7-8-16(25)17(26)10-14/h13-16,22,32H,9-12H2,1-8H3,(H,31,33);4-12,22,30H,3H2,1-2H3,(H,28,32)(H,29,31);4-12,22,30H,3H2,1-2H3,(H,28,32)(H,29,31). The van der Waals surface area contributed by atoms with E-state index in [1.165, 1.54) is 78.4 Å². The fraction of sp³-hybridized carbons (Fsp3) is 0.303. The molecule has 26 heteroatoms. The molecule has 0 aromatic heterocycles. The molecule has 5 amide bonds. The van der Waals surface area contributed by atoms with Crippen LogP contribution in [0.3, 0.4) is 0 Å². The fourth-order valence-corrected chi connectivity index (χ4v) is 13.3. The minimum atomic E-state index is -3.97.